The maximum absolute atomic E-state index is 11.4. The maximum Gasteiger partial charge on any atom is 0.361 e. The Labute approximate surface area is 71.2 Å². The Hall–Kier alpha value is -0.0800. The van der Waals surface area contributed by atoms with Gasteiger partial charge in [-0.05, 0) is 0 Å². The molecule has 0 saturated carbocycles. The molecule has 0 fully saturated rings. The Balaban J connectivity index is 4.66. The highest BCUT2D eigenvalue weighted by atomic mass is 35.5. The van der Waals surface area contributed by atoms with Crippen molar-refractivity contribution in [3.05, 3.63) is 23.5 Å². The van der Waals surface area contributed by atoms with Gasteiger partial charge in [-0.2, -0.15) is 0 Å². The number of hydrogen-bond acceptors (Lipinski definition) is 3. The second-order valence-electron chi connectivity index (χ2n) is 1.71. The van der Waals surface area contributed by atoms with Gasteiger partial charge in [0.2, 0.25) is 0 Å². The van der Waals surface area contributed by atoms with E-state index < -0.39 is 7.60 Å². The standard InChI is InChI=1S/C6H10ClO3P/c1-5(7)6(2)11(8,9-3)10-4/h1-2H2,3-4H3. The second kappa shape index (κ2) is 4.07. The van der Waals surface area contributed by atoms with Crippen molar-refractivity contribution in [3.63, 3.8) is 0 Å². The second-order valence-corrected chi connectivity index (χ2v) is 4.44. The number of rotatable bonds is 4. The van der Waals surface area contributed by atoms with Crippen LogP contribution in [0.2, 0.25) is 0 Å². The lowest BCUT2D eigenvalue weighted by Crippen LogP contribution is -1.91. The van der Waals surface area contributed by atoms with E-state index in [2.05, 4.69) is 22.2 Å². The van der Waals surface area contributed by atoms with Crippen molar-refractivity contribution in [2.45, 2.75) is 0 Å². The van der Waals surface area contributed by atoms with Crippen molar-refractivity contribution < 1.29 is 13.6 Å². The fraction of sp³-hybridized carbons (Fsp3) is 0.333. The van der Waals surface area contributed by atoms with Crippen LogP contribution in [0.3, 0.4) is 0 Å². The molecule has 0 aliphatic carbocycles. The van der Waals surface area contributed by atoms with Crippen molar-refractivity contribution in [2.75, 3.05) is 14.2 Å². The highest BCUT2D eigenvalue weighted by Gasteiger charge is 2.26. The first-order chi connectivity index (χ1) is 4.98. The first-order valence-corrected chi connectivity index (χ1v) is 4.65. The minimum atomic E-state index is -3.25. The Bertz CT molecular complexity index is 216. The van der Waals surface area contributed by atoms with E-state index in [9.17, 15) is 4.57 Å². The van der Waals surface area contributed by atoms with Gasteiger partial charge < -0.3 is 9.05 Å². The smallest absolute Gasteiger partial charge is 0.309 e. The Morgan fingerprint density at radius 3 is 1.82 bits per heavy atom. The average Bonchev–Trinajstić information content (AvgIpc) is 2.01. The topological polar surface area (TPSA) is 35.5 Å². The van der Waals surface area contributed by atoms with Crippen LogP contribution < -0.4 is 0 Å². The van der Waals surface area contributed by atoms with E-state index in [1.165, 1.54) is 14.2 Å². The molecule has 0 spiro atoms. The van der Waals surface area contributed by atoms with Gasteiger partial charge in [-0.1, -0.05) is 24.8 Å². The van der Waals surface area contributed by atoms with Crippen molar-refractivity contribution in [3.8, 4) is 0 Å². The van der Waals surface area contributed by atoms with Crippen molar-refractivity contribution in [1.82, 2.24) is 0 Å². The summed E-state index contributed by atoms with van der Waals surface area (Å²) in [4.78, 5) is 0. The third-order valence-electron chi connectivity index (χ3n) is 1.12. The Morgan fingerprint density at radius 1 is 1.36 bits per heavy atom. The van der Waals surface area contributed by atoms with Gasteiger partial charge in [0.15, 0.2) is 0 Å². The molecule has 0 unspecified atom stereocenters. The Morgan fingerprint density at radius 2 is 1.73 bits per heavy atom. The lowest BCUT2D eigenvalue weighted by molar-refractivity contribution is 0.284. The van der Waals surface area contributed by atoms with Crippen molar-refractivity contribution in [1.29, 1.82) is 0 Å². The molecule has 5 heteroatoms. The van der Waals surface area contributed by atoms with Gasteiger partial charge in [0.25, 0.3) is 0 Å². The quantitative estimate of drug-likeness (QED) is 0.512. The molecule has 0 atom stereocenters. The maximum atomic E-state index is 11.4. The Kier molecular flexibility index (Phi) is 4.04. The molecule has 0 N–H and O–H groups in total. The summed E-state index contributed by atoms with van der Waals surface area (Å²) in [7, 11) is -0.736. The lowest BCUT2D eigenvalue weighted by atomic mass is 10.6. The minimum Gasteiger partial charge on any atom is -0.309 e. The zero-order chi connectivity index (χ0) is 9.07. The van der Waals surface area contributed by atoms with Gasteiger partial charge in [-0.15, -0.1) is 0 Å². The van der Waals surface area contributed by atoms with E-state index in [4.69, 9.17) is 11.6 Å². The number of hydrogen-bond donors (Lipinski definition) is 0. The highest BCUT2D eigenvalue weighted by molar-refractivity contribution is 7.59. The van der Waals surface area contributed by atoms with E-state index in [1.807, 2.05) is 0 Å². The molecule has 0 amide bonds. The number of allylic oxidation sites excluding steroid dienone is 2. The van der Waals surface area contributed by atoms with Crippen molar-refractivity contribution in [2.24, 2.45) is 0 Å². The summed E-state index contributed by atoms with van der Waals surface area (Å²) >= 11 is 5.44. The molecule has 0 aliphatic rings. The number of halogens is 1. The van der Waals surface area contributed by atoms with Crippen LogP contribution in [0.15, 0.2) is 23.5 Å². The molecular weight excluding hydrogens is 186 g/mol. The van der Waals surface area contributed by atoms with E-state index in [-0.39, 0.29) is 10.3 Å². The summed E-state index contributed by atoms with van der Waals surface area (Å²) in [5.41, 5.74) is 0. The molecule has 0 aromatic heterocycles. The zero-order valence-corrected chi connectivity index (χ0v) is 8.11. The summed E-state index contributed by atoms with van der Waals surface area (Å²) < 4.78 is 20.6. The summed E-state index contributed by atoms with van der Waals surface area (Å²) in [5, 5.41) is 0.168. The lowest BCUT2D eigenvalue weighted by Gasteiger charge is -2.14. The van der Waals surface area contributed by atoms with Crippen LogP contribution in [-0.2, 0) is 13.6 Å². The molecule has 0 aromatic carbocycles. The SMILES string of the molecule is C=C(Cl)C(=C)P(=O)(OC)OC. The van der Waals surface area contributed by atoms with E-state index in [1.54, 1.807) is 0 Å². The molecule has 0 heterocycles. The first kappa shape index (κ1) is 10.9. The molecule has 11 heavy (non-hydrogen) atoms. The van der Waals surface area contributed by atoms with Crippen molar-refractivity contribution >= 4 is 19.2 Å². The minimum absolute atomic E-state index is 0.0806. The predicted molar refractivity (Wildman–Crippen MR) is 45.8 cm³/mol. The zero-order valence-electron chi connectivity index (χ0n) is 6.46. The predicted octanol–water partition coefficient (Wildman–Crippen LogP) is 2.74. The summed E-state index contributed by atoms with van der Waals surface area (Å²) in [6.45, 7) is 6.77. The molecule has 0 aromatic rings. The first-order valence-electron chi connectivity index (χ1n) is 2.73. The van der Waals surface area contributed by atoms with Gasteiger partial charge in [0.1, 0.15) is 0 Å². The fourth-order valence-electron chi connectivity index (χ4n) is 0.444. The molecular formula is C6H10ClO3P. The monoisotopic (exact) mass is 196 g/mol. The van der Waals surface area contributed by atoms with Gasteiger partial charge in [-0.25, -0.2) is 0 Å². The van der Waals surface area contributed by atoms with Gasteiger partial charge in [0.05, 0.1) is 5.31 Å². The van der Waals surface area contributed by atoms with Crippen LogP contribution in [0.4, 0.5) is 0 Å². The van der Waals surface area contributed by atoms with Gasteiger partial charge in [0, 0.05) is 19.3 Å². The van der Waals surface area contributed by atoms with Crippen LogP contribution >= 0.6 is 19.2 Å². The summed E-state index contributed by atoms with van der Waals surface area (Å²) in [6.07, 6.45) is 0. The van der Waals surface area contributed by atoms with Crippen LogP contribution in [-0.4, -0.2) is 14.2 Å². The van der Waals surface area contributed by atoms with E-state index >= 15 is 0 Å². The van der Waals surface area contributed by atoms with E-state index in [0.717, 1.165) is 0 Å². The molecule has 0 rings (SSSR count). The van der Waals surface area contributed by atoms with Crippen LogP contribution in [0.25, 0.3) is 0 Å². The molecule has 0 aliphatic heterocycles. The summed E-state index contributed by atoms with van der Waals surface area (Å²) in [6, 6.07) is 0. The molecule has 0 saturated heterocycles. The van der Waals surface area contributed by atoms with Gasteiger partial charge >= 0.3 is 7.60 Å². The third-order valence-corrected chi connectivity index (χ3v) is 3.38. The normalized spacial score (nSPS) is 11.2. The average molecular weight is 197 g/mol. The van der Waals surface area contributed by atoms with E-state index in [0.29, 0.717) is 0 Å². The van der Waals surface area contributed by atoms with Crippen LogP contribution in [0.5, 0.6) is 0 Å². The largest absolute Gasteiger partial charge is 0.361 e. The summed E-state index contributed by atoms with van der Waals surface area (Å²) in [5.74, 6) is 0. The fourth-order valence-corrected chi connectivity index (χ4v) is 1.64. The molecule has 3 nitrogen and oxygen atoms in total. The van der Waals surface area contributed by atoms with Gasteiger partial charge in [-0.3, -0.25) is 4.57 Å². The highest BCUT2D eigenvalue weighted by Crippen LogP contribution is 2.56. The third kappa shape index (κ3) is 2.46. The molecule has 0 bridgehead atoms. The molecule has 0 radical (unpaired) electrons. The molecule has 64 valence electrons. The van der Waals surface area contributed by atoms with Crippen LogP contribution in [0.1, 0.15) is 0 Å². The van der Waals surface area contributed by atoms with Crippen LogP contribution in [0, 0.1) is 0 Å².